The number of halogens is 1. The van der Waals surface area contributed by atoms with Crippen LogP contribution in [0.2, 0.25) is 0 Å². The zero-order valence-electron chi connectivity index (χ0n) is 8.73. The summed E-state index contributed by atoms with van der Waals surface area (Å²) in [6, 6.07) is 12.0. The van der Waals surface area contributed by atoms with E-state index in [1.807, 2.05) is 30.3 Å². The van der Waals surface area contributed by atoms with Gasteiger partial charge >= 0.3 is 0 Å². The summed E-state index contributed by atoms with van der Waals surface area (Å²) in [6.45, 7) is 3.93. The molecule has 0 spiro atoms. The molecule has 0 aliphatic heterocycles. The van der Waals surface area contributed by atoms with Gasteiger partial charge in [-0.15, -0.1) is 11.3 Å². The van der Waals surface area contributed by atoms with Gasteiger partial charge in [0.2, 0.25) is 0 Å². The molecule has 0 unspecified atom stereocenters. The van der Waals surface area contributed by atoms with Gasteiger partial charge in [-0.2, -0.15) is 0 Å². The second kappa shape index (κ2) is 5.51. The maximum absolute atomic E-state index is 5.91. The molecular formula is C13H12BrOS. The van der Waals surface area contributed by atoms with Gasteiger partial charge in [0.1, 0.15) is 11.9 Å². The zero-order valence-corrected chi connectivity index (χ0v) is 11.1. The molecule has 16 heavy (non-hydrogen) atoms. The van der Waals surface area contributed by atoms with Gasteiger partial charge in [0.25, 0.3) is 0 Å². The zero-order chi connectivity index (χ0) is 11.4. The lowest BCUT2D eigenvalue weighted by atomic mass is 10.2. The molecule has 0 aliphatic rings. The summed E-state index contributed by atoms with van der Waals surface area (Å²) in [5.41, 5.74) is 0. The fourth-order valence-electron chi connectivity index (χ4n) is 1.44. The fourth-order valence-corrected chi connectivity index (χ4v) is 2.61. The van der Waals surface area contributed by atoms with Gasteiger partial charge in [-0.25, -0.2) is 0 Å². The van der Waals surface area contributed by atoms with E-state index >= 15 is 0 Å². The summed E-state index contributed by atoms with van der Waals surface area (Å²) in [4.78, 5) is 1.22. The summed E-state index contributed by atoms with van der Waals surface area (Å²) >= 11 is 5.13. The molecular weight excluding hydrogens is 284 g/mol. The molecule has 0 amide bonds. The Kier molecular flexibility index (Phi) is 4.02. The van der Waals surface area contributed by atoms with Gasteiger partial charge in [-0.1, -0.05) is 28.1 Å². The Morgan fingerprint density at radius 1 is 1.31 bits per heavy atom. The summed E-state index contributed by atoms with van der Waals surface area (Å²) in [6.07, 6.45) is 0.779. The predicted octanol–water partition coefficient (Wildman–Crippen LogP) is 4.85. The van der Waals surface area contributed by atoms with E-state index in [-0.39, 0.29) is 6.10 Å². The van der Waals surface area contributed by atoms with E-state index in [1.54, 1.807) is 11.3 Å². The number of hydrogen-bond donors (Lipinski definition) is 0. The first kappa shape index (κ1) is 11.7. The van der Waals surface area contributed by atoms with Crippen molar-refractivity contribution in [3.8, 4) is 5.75 Å². The van der Waals surface area contributed by atoms with E-state index in [4.69, 9.17) is 4.74 Å². The van der Waals surface area contributed by atoms with Crippen LogP contribution in [0, 0.1) is 6.92 Å². The van der Waals surface area contributed by atoms with Crippen LogP contribution in [0.5, 0.6) is 5.75 Å². The van der Waals surface area contributed by atoms with Crippen LogP contribution in [0.15, 0.2) is 46.3 Å². The van der Waals surface area contributed by atoms with E-state index in [9.17, 15) is 0 Å². The lowest BCUT2D eigenvalue weighted by Crippen LogP contribution is -2.04. The standard InChI is InChI=1S/C13H12BrOS/c1-2-12(13-7-4-8-16-13)15-11-6-3-5-10(14)9-11/h3-9,12H,1-2H2/t12-/m0/s1. The fraction of sp³-hybridized carbons (Fsp3) is 0.154. The first-order chi connectivity index (χ1) is 7.79. The maximum atomic E-state index is 5.91. The number of rotatable bonds is 4. The van der Waals surface area contributed by atoms with Crippen LogP contribution >= 0.6 is 27.3 Å². The van der Waals surface area contributed by atoms with Crippen molar-refractivity contribution in [2.45, 2.75) is 12.5 Å². The third kappa shape index (κ3) is 2.86. The summed E-state index contributed by atoms with van der Waals surface area (Å²) in [5, 5.41) is 2.06. The predicted molar refractivity (Wildman–Crippen MR) is 71.8 cm³/mol. The molecule has 1 aromatic heterocycles. The molecule has 2 rings (SSSR count). The van der Waals surface area contributed by atoms with Crippen molar-refractivity contribution in [2.24, 2.45) is 0 Å². The molecule has 1 aromatic carbocycles. The van der Waals surface area contributed by atoms with E-state index in [2.05, 4.69) is 34.3 Å². The van der Waals surface area contributed by atoms with Gasteiger partial charge in [0, 0.05) is 9.35 Å². The van der Waals surface area contributed by atoms with Crippen molar-refractivity contribution in [3.05, 3.63) is 58.1 Å². The maximum Gasteiger partial charge on any atom is 0.133 e. The Morgan fingerprint density at radius 3 is 2.81 bits per heavy atom. The number of hydrogen-bond acceptors (Lipinski definition) is 2. The van der Waals surface area contributed by atoms with Crippen molar-refractivity contribution in [3.63, 3.8) is 0 Å². The normalized spacial score (nSPS) is 12.4. The highest BCUT2D eigenvalue weighted by atomic mass is 79.9. The van der Waals surface area contributed by atoms with Gasteiger partial charge in [0.15, 0.2) is 0 Å². The molecule has 0 saturated heterocycles. The molecule has 0 bridgehead atoms. The highest BCUT2D eigenvalue weighted by Crippen LogP contribution is 2.28. The molecule has 1 atom stereocenters. The van der Waals surface area contributed by atoms with Crippen molar-refractivity contribution >= 4 is 27.3 Å². The highest BCUT2D eigenvalue weighted by molar-refractivity contribution is 9.10. The third-order valence-corrected chi connectivity index (χ3v) is 3.65. The molecule has 0 aliphatic carbocycles. The van der Waals surface area contributed by atoms with Crippen LogP contribution < -0.4 is 4.74 Å². The van der Waals surface area contributed by atoms with Crippen molar-refractivity contribution in [1.29, 1.82) is 0 Å². The molecule has 0 fully saturated rings. The molecule has 1 heterocycles. The number of thiophene rings is 1. The van der Waals surface area contributed by atoms with Gasteiger partial charge < -0.3 is 4.74 Å². The van der Waals surface area contributed by atoms with Crippen molar-refractivity contribution in [2.75, 3.05) is 0 Å². The molecule has 2 aromatic rings. The molecule has 0 saturated carbocycles. The van der Waals surface area contributed by atoms with Crippen LogP contribution in [0.4, 0.5) is 0 Å². The smallest absolute Gasteiger partial charge is 0.133 e. The Balaban J connectivity index is 2.13. The van der Waals surface area contributed by atoms with Crippen LogP contribution in [0.25, 0.3) is 0 Å². The minimum Gasteiger partial charge on any atom is -0.485 e. The Morgan fingerprint density at radius 2 is 2.19 bits per heavy atom. The lowest BCUT2D eigenvalue weighted by molar-refractivity contribution is 0.212. The van der Waals surface area contributed by atoms with Crippen LogP contribution in [0.1, 0.15) is 17.4 Å². The highest BCUT2D eigenvalue weighted by Gasteiger charge is 2.11. The Bertz CT molecular complexity index is 439. The minimum atomic E-state index is 0.0503. The van der Waals surface area contributed by atoms with Gasteiger partial charge in [-0.05, 0) is 43.0 Å². The number of ether oxygens (including phenoxy) is 1. The molecule has 1 radical (unpaired) electrons. The molecule has 3 heteroatoms. The first-order valence-electron chi connectivity index (χ1n) is 5.04. The topological polar surface area (TPSA) is 9.23 Å². The monoisotopic (exact) mass is 295 g/mol. The van der Waals surface area contributed by atoms with E-state index in [0.29, 0.717) is 0 Å². The van der Waals surface area contributed by atoms with Crippen molar-refractivity contribution < 1.29 is 4.74 Å². The molecule has 1 nitrogen and oxygen atoms in total. The summed E-state index contributed by atoms with van der Waals surface area (Å²) < 4.78 is 6.93. The summed E-state index contributed by atoms with van der Waals surface area (Å²) in [5.74, 6) is 0.872. The van der Waals surface area contributed by atoms with Gasteiger partial charge in [-0.3, -0.25) is 0 Å². The SMILES string of the molecule is [CH2]C[C@H](Oc1cccc(Br)c1)c1cccs1. The van der Waals surface area contributed by atoms with Crippen molar-refractivity contribution in [1.82, 2.24) is 0 Å². The first-order valence-corrected chi connectivity index (χ1v) is 6.71. The van der Waals surface area contributed by atoms with E-state index in [0.717, 1.165) is 16.6 Å². The third-order valence-electron chi connectivity index (χ3n) is 2.20. The minimum absolute atomic E-state index is 0.0503. The molecule has 0 N–H and O–H groups in total. The van der Waals surface area contributed by atoms with Crippen LogP contribution in [-0.2, 0) is 0 Å². The second-order valence-electron chi connectivity index (χ2n) is 3.37. The van der Waals surface area contributed by atoms with Crippen LogP contribution in [-0.4, -0.2) is 0 Å². The average Bonchev–Trinajstić information content (AvgIpc) is 2.79. The van der Waals surface area contributed by atoms with E-state index in [1.165, 1.54) is 4.88 Å². The molecule has 83 valence electrons. The quantitative estimate of drug-likeness (QED) is 0.783. The average molecular weight is 296 g/mol. The van der Waals surface area contributed by atoms with E-state index < -0.39 is 0 Å². The second-order valence-corrected chi connectivity index (χ2v) is 5.26. The lowest BCUT2D eigenvalue weighted by Gasteiger charge is -2.16. The van der Waals surface area contributed by atoms with Gasteiger partial charge in [0.05, 0.1) is 0 Å². The Labute approximate surface area is 108 Å². The summed E-state index contributed by atoms with van der Waals surface area (Å²) in [7, 11) is 0. The Hall–Kier alpha value is -0.800. The van der Waals surface area contributed by atoms with Crippen LogP contribution in [0.3, 0.4) is 0 Å². The largest absolute Gasteiger partial charge is 0.485 e. The number of benzene rings is 1.